The van der Waals surface area contributed by atoms with Gasteiger partial charge in [-0.25, -0.2) is 0 Å². The predicted octanol–water partition coefficient (Wildman–Crippen LogP) is 7.86. The quantitative estimate of drug-likeness (QED) is 0.464. The Labute approximate surface area is 187 Å². The summed E-state index contributed by atoms with van der Waals surface area (Å²) in [6.45, 7) is 24.8. The van der Waals surface area contributed by atoms with E-state index in [2.05, 4.69) is 85.9 Å². The summed E-state index contributed by atoms with van der Waals surface area (Å²) < 4.78 is 13.5. The fraction of sp³-hybridized carbons (Fsp3) is 0.760. The summed E-state index contributed by atoms with van der Waals surface area (Å²) in [6, 6.07) is 6.53. The molecule has 0 aromatic heterocycles. The van der Waals surface area contributed by atoms with Gasteiger partial charge in [0.1, 0.15) is 11.5 Å². The van der Waals surface area contributed by atoms with Crippen molar-refractivity contribution < 1.29 is 14.0 Å². The molecule has 1 aromatic rings. The molecule has 1 aliphatic carbocycles. The summed E-state index contributed by atoms with van der Waals surface area (Å²) >= 11 is 0. The topological polar surface area (TPSA) is 38.7 Å². The van der Waals surface area contributed by atoms with Crippen LogP contribution in [0.15, 0.2) is 18.2 Å². The molecule has 1 aliphatic rings. The first-order valence-electron chi connectivity index (χ1n) is 11.6. The van der Waals surface area contributed by atoms with Gasteiger partial charge in [0.25, 0.3) is 0 Å². The van der Waals surface area contributed by atoms with E-state index in [9.17, 15) is 5.11 Å². The fourth-order valence-corrected chi connectivity index (χ4v) is 5.49. The van der Waals surface area contributed by atoms with Crippen LogP contribution < -0.4 is 8.85 Å². The van der Waals surface area contributed by atoms with Crippen LogP contribution in [0.3, 0.4) is 0 Å². The number of hydrogen-bond donors (Lipinski definition) is 1. The first kappa shape index (κ1) is 25.5. The van der Waals surface area contributed by atoms with Gasteiger partial charge < -0.3 is 14.0 Å². The predicted molar refractivity (Wildman–Crippen MR) is 134 cm³/mol. The van der Waals surface area contributed by atoms with Gasteiger partial charge >= 0.3 is 0 Å². The average molecular weight is 451 g/mol. The molecular weight excluding hydrogens is 404 g/mol. The van der Waals surface area contributed by atoms with E-state index in [4.69, 9.17) is 8.85 Å². The number of aliphatic hydroxyl groups is 1. The zero-order valence-corrected chi connectivity index (χ0v) is 23.4. The first-order valence-corrected chi connectivity index (χ1v) is 17.4. The molecule has 30 heavy (non-hydrogen) atoms. The van der Waals surface area contributed by atoms with Crippen molar-refractivity contribution >= 4 is 16.6 Å². The lowest BCUT2D eigenvalue weighted by atomic mass is 9.77. The summed E-state index contributed by atoms with van der Waals surface area (Å²) in [5.41, 5.74) is 0.764. The Kier molecular flexibility index (Phi) is 7.04. The Morgan fingerprint density at radius 3 is 1.80 bits per heavy atom. The lowest BCUT2D eigenvalue weighted by Crippen LogP contribution is -2.44. The highest BCUT2D eigenvalue weighted by atomic mass is 28.4. The van der Waals surface area contributed by atoms with E-state index in [0.717, 1.165) is 37.2 Å². The van der Waals surface area contributed by atoms with E-state index >= 15 is 0 Å². The van der Waals surface area contributed by atoms with E-state index in [0.29, 0.717) is 5.92 Å². The largest absolute Gasteiger partial charge is 0.543 e. The molecule has 0 atom stereocenters. The molecule has 1 saturated carbocycles. The normalized spacial score (nSPS) is 23.9. The summed E-state index contributed by atoms with van der Waals surface area (Å²) in [5, 5.41) is 10.7. The van der Waals surface area contributed by atoms with Crippen molar-refractivity contribution in [1.29, 1.82) is 0 Å². The second kappa shape index (κ2) is 8.29. The Balaban J connectivity index is 2.42. The molecule has 2 rings (SSSR count). The monoisotopic (exact) mass is 450 g/mol. The van der Waals surface area contributed by atoms with Gasteiger partial charge in [-0.3, -0.25) is 0 Å². The van der Waals surface area contributed by atoms with E-state index in [1.807, 2.05) is 6.92 Å². The summed E-state index contributed by atoms with van der Waals surface area (Å²) in [5.74, 6) is 2.37. The zero-order chi connectivity index (χ0) is 23.2. The molecule has 1 N–H and O–H groups in total. The minimum Gasteiger partial charge on any atom is -0.543 e. The molecule has 0 radical (unpaired) electrons. The highest BCUT2D eigenvalue weighted by Gasteiger charge is 2.41. The SMILES string of the molecule is CC1(O)CCC(c2ccc(O[Si](C)(C)C(C)(C)C)cc2O[Si](C)(C)C(C)(C)C)CC1. The molecule has 5 heteroatoms. The highest BCUT2D eigenvalue weighted by molar-refractivity contribution is 6.75. The van der Waals surface area contributed by atoms with E-state index < -0.39 is 22.2 Å². The molecule has 3 nitrogen and oxygen atoms in total. The number of benzene rings is 1. The summed E-state index contributed by atoms with van der Waals surface area (Å²) in [7, 11) is -3.90. The molecular formula is C25H46O3Si2. The molecule has 0 spiro atoms. The van der Waals surface area contributed by atoms with Crippen LogP contribution in [0.4, 0.5) is 0 Å². The van der Waals surface area contributed by atoms with Crippen molar-refractivity contribution in [2.45, 2.75) is 122 Å². The number of rotatable bonds is 5. The molecule has 0 amide bonds. The van der Waals surface area contributed by atoms with Crippen molar-refractivity contribution in [3.8, 4) is 11.5 Å². The maximum atomic E-state index is 10.4. The van der Waals surface area contributed by atoms with Gasteiger partial charge in [0, 0.05) is 6.07 Å². The minimum absolute atomic E-state index is 0.136. The molecule has 1 aromatic carbocycles. The Bertz CT molecular complexity index is 730. The van der Waals surface area contributed by atoms with E-state index in [1.54, 1.807) is 0 Å². The van der Waals surface area contributed by atoms with E-state index in [-0.39, 0.29) is 10.1 Å². The second-order valence-electron chi connectivity index (χ2n) is 12.7. The molecule has 0 saturated heterocycles. The van der Waals surface area contributed by atoms with Crippen LogP contribution in [0.5, 0.6) is 11.5 Å². The van der Waals surface area contributed by atoms with Gasteiger partial charge in [-0.15, -0.1) is 0 Å². The maximum Gasteiger partial charge on any atom is 0.250 e. The van der Waals surface area contributed by atoms with Gasteiger partial charge in [-0.1, -0.05) is 47.6 Å². The Morgan fingerprint density at radius 2 is 1.33 bits per heavy atom. The van der Waals surface area contributed by atoms with Gasteiger partial charge in [0.05, 0.1) is 5.60 Å². The molecule has 0 heterocycles. The maximum absolute atomic E-state index is 10.4. The highest BCUT2D eigenvalue weighted by Crippen LogP contribution is 2.46. The van der Waals surface area contributed by atoms with Crippen LogP contribution in [-0.2, 0) is 0 Å². The zero-order valence-electron chi connectivity index (χ0n) is 21.4. The molecule has 0 aliphatic heterocycles. The van der Waals surface area contributed by atoms with Crippen LogP contribution in [-0.4, -0.2) is 27.3 Å². The van der Waals surface area contributed by atoms with Crippen molar-refractivity contribution in [3.05, 3.63) is 23.8 Å². The molecule has 1 fully saturated rings. The van der Waals surface area contributed by atoms with Crippen molar-refractivity contribution in [1.82, 2.24) is 0 Å². The van der Waals surface area contributed by atoms with Gasteiger partial charge in [0.2, 0.25) is 16.6 Å². The fourth-order valence-electron chi connectivity index (χ4n) is 3.43. The molecule has 0 unspecified atom stereocenters. The lowest BCUT2D eigenvalue weighted by molar-refractivity contribution is 0.0170. The third kappa shape index (κ3) is 5.92. The molecule has 0 bridgehead atoms. The summed E-state index contributed by atoms with van der Waals surface area (Å²) in [4.78, 5) is 0. The lowest BCUT2D eigenvalue weighted by Gasteiger charge is -2.40. The first-order chi connectivity index (χ1) is 13.3. The minimum atomic E-state index is -1.98. The average Bonchev–Trinajstić information content (AvgIpc) is 2.53. The third-order valence-corrected chi connectivity index (χ3v) is 16.5. The van der Waals surface area contributed by atoms with Crippen LogP contribution in [0.2, 0.25) is 36.3 Å². The van der Waals surface area contributed by atoms with Crippen LogP contribution in [0.25, 0.3) is 0 Å². The van der Waals surface area contributed by atoms with Gasteiger partial charge in [-0.2, -0.15) is 0 Å². The van der Waals surface area contributed by atoms with Crippen LogP contribution >= 0.6 is 0 Å². The Morgan fingerprint density at radius 1 is 0.867 bits per heavy atom. The van der Waals surface area contributed by atoms with Gasteiger partial charge in [-0.05, 0) is 86.4 Å². The third-order valence-electron chi connectivity index (χ3n) is 7.84. The van der Waals surface area contributed by atoms with Crippen molar-refractivity contribution in [2.75, 3.05) is 0 Å². The van der Waals surface area contributed by atoms with Crippen LogP contribution in [0, 0.1) is 0 Å². The second-order valence-corrected chi connectivity index (χ2v) is 22.1. The van der Waals surface area contributed by atoms with Gasteiger partial charge in [0.15, 0.2) is 0 Å². The standard InChI is InChI=1S/C25H46O3Si2/c1-23(2,3)29(8,9)27-20-12-13-21(19-14-16-25(7,26)17-15-19)22(18-20)28-30(10,11)24(4,5)6/h12-13,18-19,26H,14-17H2,1-11H3. The van der Waals surface area contributed by atoms with Crippen LogP contribution in [0.1, 0.15) is 85.6 Å². The molecule has 172 valence electrons. The number of hydrogen-bond acceptors (Lipinski definition) is 3. The van der Waals surface area contributed by atoms with Crippen molar-refractivity contribution in [3.63, 3.8) is 0 Å². The summed E-state index contributed by atoms with van der Waals surface area (Å²) in [6.07, 6.45) is 3.70. The Hall–Kier alpha value is -0.786. The smallest absolute Gasteiger partial charge is 0.250 e. The van der Waals surface area contributed by atoms with E-state index in [1.165, 1.54) is 5.56 Å². The van der Waals surface area contributed by atoms with Crippen molar-refractivity contribution in [2.24, 2.45) is 0 Å².